The van der Waals surface area contributed by atoms with Gasteiger partial charge in [-0.3, -0.25) is 9.00 Å². The minimum atomic E-state index is -1.05. The van der Waals surface area contributed by atoms with Crippen molar-refractivity contribution in [3.63, 3.8) is 0 Å². The number of rotatable bonds is 6. The maximum atomic E-state index is 11.9. The Morgan fingerprint density at radius 3 is 2.63 bits per heavy atom. The van der Waals surface area contributed by atoms with E-state index in [0.29, 0.717) is 17.7 Å². The van der Waals surface area contributed by atoms with Gasteiger partial charge >= 0.3 is 5.97 Å². The maximum absolute atomic E-state index is 11.9. The molecule has 0 aliphatic heterocycles. The minimum Gasteiger partial charge on any atom is -0.480 e. The Kier molecular flexibility index (Phi) is 5.69. The largest absolute Gasteiger partial charge is 0.480 e. The van der Waals surface area contributed by atoms with Crippen molar-refractivity contribution in [1.82, 2.24) is 5.32 Å². The quantitative estimate of drug-likeness (QED) is 0.820. The van der Waals surface area contributed by atoms with Crippen LogP contribution in [0.2, 0.25) is 0 Å². The smallest absolute Gasteiger partial charge is 0.326 e. The van der Waals surface area contributed by atoms with Crippen LogP contribution in [0.5, 0.6) is 0 Å². The minimum absolute atomic E-state index is 0.319. The molecule has 0 aliphatic carbocycles. The number of carbonyl (C=O) groups excluding carboxylic acids is 1. The van der Waals surface area contributed by atoms with Crippen molar-refractivity contribution in [2.75, 3.05) is 6.26 Å². The van der Waals surface area contributed by atoms with Crippen LogP contribution in [0, 0.1) is 0 Å². The third-order valence-corrected chi connectivity index (χ3v) is 3.31. The Morgan fingerprint density at radius 1 is 1.42 bits per heavy atom. The molecule has 2 N–H and O–H groups in total. The molecule has 19 heavy (non-hydrogen) atoms. The van der Waals surface area contributed by atoms with Gasteiger partial charge in [-0.05, 0) is 24.1 Å². The summed E-state index contributed by atoms with van der Waals surface area (Å²) in [6.45, 7) is 1.69. The zero-order valence-electron chi connectivity index (χ0n) is 10.9. The lowest BCUT2D eigenvalue weighted by atomic mass is 10.1. The van der Waals surface area contributed by atoms with E-state index >= 15 is 0 Å². The predicted molar refractivity (Wildman–Crippen MR) is 73.4 cm³/mol. The Labute approximate surface area is 114 Å². The first-order chi connectivity index (χ1) is 8.93. The number of carboxylic acids is 1. The van der Waals surface area contributed by atoms with E-state index in [1.165, 1.54) is 0 Å². The summed E-state index contributed by atoms with van der Waals surface area (Å²) >= 11 is 0. The van der Waals surface area contributed by atoms with Crippen LogP contribution in [-0.4, -0.2) is 33.5 Å². The first-order valence-corrected chi connectivity index (χ1v) is 7.59. The van der Waals surface area contributed by atoms with Crippen LogP contribution in [0.1, 0.15) is 29.3 Å². The summed E-state index contributed by atoms with van der Waals surface area (Å²) in [5, 5.41) is 11.3. The van der Waals surface area contributed by atoms with E-state index in [1.54, 1.807) is 37.4 Å². The van der Waals surface area contributed by atoms with Crippen LogP contribution in [0.25, 0.3) is 0 Å². The molecular weight excluding hydrogens is 266 g/mol. The second-order valence-electron chi connectivity index (χ2n) is 4.19. The van der Waals surface area contributed by atoms with Crippen molar-refractivity contribution in [3.8, 4) is 0 Å². The standard InChI is InChI=1S/C13H17NO4S/c1-3-11(13(16)17)14-12(15)10-6-4-5-9(7-10)8-19(2)18/h4-7,11H,3,8H2,1-2H3,(H,14,15)(H,16,17). The molecule has 0 saturated heterocycles. The van der Waals surface area contributed by atoms with Crippen LogP contribution < -0.4 is 5.32 Å². The van der Waals surface area contributed by atoms with Gasteiger partial charge in [0, 0.05) is 28.4 Å². The van der Waals surface area contributed by atoms with E-state index in [2.05, 4.69) is 5.32 Å². The number of nitrogens with one attached hydrogen (secondary N) is 1. The highest BCUT2D eigenvalue weighted by Gasteiger charge is 2.18. The van der Waals surface area contributed by atoms with Gasteiger partial charge in [0.25, 0.3) is 5.91 Å². The second-order valence-corrected chi connectivity index (χ2v) is 5.63. The summed E-state index contributed by atoms with van der Waals surface area (Å²) < 4.78 is 11.1. The highest BCUT2D eigenvalue weighted by Crippen LogP contribution is 2.08. The number of hydrogen-bond donors (Lipinski definition) is 2. The topological polar surface area (TPSA) is 83.5 Å². The van der Waals surface area contributed by atoms with E-state index in [4.69, 9.17) is 5.11 Å². The van der Waals surface area contributed by atoms with Gasteiger partial charge in [0.1, 0.15) is 6.04 Å². The zero-order valence-corrected chi connectivity index (χ0v) is 11.7. The van der Waals surface area contributed by atoms with Crippen molar-refractivity contribution in [3.05, 3.63) is 35.4 Å². The van der Waals surface area contributed by atoms with Crippen molar-refractivity contribution in [2.45, 2.75) is 25.1 Å². The van der Waals surface area contributed by atoms with E-state index in [-0.39, 0.29) is 0 Å². The highest BCUT2D eigenvalue weighted by atomic mass is 32.2. The van der Waals surface area contributed by atoms with E-state index in [9.17, 15) is 13.8 Å². The molecule has 1 aromatic rings. The van der Waals surface area contributed by atoms with Gasteiger partial charge < -0.3 is 10.4 Å². The van der Waals surface area contributed by atoms with Crippen molar-refractivity contribution in [1.29, 1.82) is 0 Å². The highest BCUT2D eigenvalue weighted by molar-refractivity contribution is 7.83. The molecular formula is C13H17NO4S. The molecule has 1 amide bonds. The van der Waals surface area contributed by atoms with Crippen LogP contribution >= 0.6 is 0 Å². The fourth-order valence-electron chi connectivity index (χ4n) is 1.62. The lowest BCUT2D eigenvalue weighted by Crippen LogP contribution is -2.40. The second kappa shape index (κ2) is 7.04. The van der Waals surface area contributed by atoms with Crippen molar-refractivity contribution < 1.29 is 18.9 Å². The number of hydrogen-bond acceptors (Lipinski definition) is 3. The number of carboxylic acid groups (broad SMARTS) is 1. The summed E-state index contributed by atoms with van der Waals surface area (Å²) in [5.41, 5.74) is 1.17. The zero-order chi connectivity index (χ0) is 14.4. The first-order valence-electron chi connectivity index (χ1n) is 5.86. The SMILES string of the molecule is CCC(NC(=O)c1cccc(CS(C)=O)c1)C(=O)O. The molecule has 1 rings (SSSR count). The molecule has 0 fully saturated rings. The van der Waals surface area contributed by atoms with Crippen molar-refractivity contribution >= 4 is 22.7 Å². The summed E-state index contributed by atoms with van der Waals surface area (Å²) in [6.07, 6.45) is 1.91. The molecule has 104 valence electrons. The van der Waals surface area contributed by atoms with Crippen LogP contribution in [0.4, 0.5) is 0 Å². The van der Waals surface area contributed by atoms with E-state index in [0.717, 1.165) is 5.56 Å². The van der Waals surface area contributed by atoms with Gasteiger partial charge in [-0.25, -0.2) is 4.79 Å². The fourth-order valence-corrected chi connectivity index (χ4v) is 2.27. The molecule has 6 heteroatoms. The Balaban J connectivity index is 2.82. The predicted octanol–water partition coefficient (Wildman–Crippen LogP) is 1.16. The van der Waals surface area contributed by atoms with Gasteiger partial charge in [-0.15, -0.1) is 0 Å². The van der Waals surface area contributed by atoms with Gasteiger partial charge in [-0.2, -0.15) is 0 Å². The lowest BCUT2D eigenvalue weighted by Gasteiger charge is -2.12. The number of benzene rings is 1. The molecule has 2 unspecified atom stereocenters. The Morgan fingerprint density at radius 2 is 2.11 bits per heavy atom. The average molecular weight is 283 g/mol. The fraction of sp³-hybridized carbons (Fsp3) is 0.385. The Bertz CT molecular complexity index is 501. The molecule has 2 atom stereocenters. The van der Waals surface area contributed by atoms with Crippen LogP contribution in [-0.2, 0) is 21.3 Å². The van der Waals surface area contributed by atoms with Crippen LogP contribution in [0.3, 0.4) is 0 Å². The number of carbonyl (C=O) groups is 2. The third kappa shape index (κ3) is 4.82. The molecule has 0 saturated carbocycles. The molecule has 0 bridgehead atoms. The van der Waals surface area contributed by atoms with Gasteiger partial charge in [-0.1, -0.05) is 19.1 Å². The first kappa shape index (κ1) is 15.4. The molecule has 5 nitrogen and oxygen atoms in total. The maximum Gasteiger partial charge on any atom is 0.326 e. The molecule has 0 heterocycles. The van der Waals surface area contributed by atoms with E-state index < -0.39 is 28.7 Å². The van der Waals surface area contributed by atoms with Gasteiger partial charge in [0.15, 0.2) is 0 Å². The summed E-state index contributed by atoms with van der Waals surface area (Å²) in [7, 11) is -0.984. The van der Waals surface area contributed by atoms with Gasteiger partial charge in [0.2, 0.25) is 0 Å². The molecule has 0 radical (unpaired) electrons. The lowest BCUT2D eigenvalue weighted by molar-refractivity contribution is -0.139. The molecule has 0 aliphatic rings. The normalized spacial score (nSPS) is 13.6. The summed E-state index contributed by atoms with van der Waals surface area (Å²) in [5.74, 6) is -1.11. The van der Waals surface area contributed by atoms with E-state index in [1.807, 2.05) is 0 Å². The number of aliphatic carboxylic acids is 1. The van der Waals surface area contributed by atoms with Gasteiger partial charge in [0.05, 0.1) is 0 Å². The van der Waals surface area contributed by atoms with Crippen molar-refractivity contribution in [2.24, 2.45) is 0 Å². The monoisotopic (exact) mass is 283 g/mol. The average Bonchev–Trinajstić information content (AvgIpc) is 2.34. The summed E-state index contributed by atoms with van der Waals surface area (Å²) in [6, 6.07) is 5.82. The summed E-state index contributed by atoms with van der Waals surface area (Å²) in [4.78, 5) is 22.8. The number of amides is 1. The Hall–Kier alpha value is -1.69. The molecule has 0 aromatic heterocycles. The van der Waals surface area contributed by atoms with Crippen LogP contribution in [0.15, 0.2) is 24.3 Å². The molecule has 1 aromatic carbocycles. The third-order valence-electron chi connectivity index (χ3n) is 2.57. The molecule has 0 spiro atoms.